The fourth-order valence-electron chi connectivity index (χ4n) is 3.81. The Hall–Kier alpha value is -0.460. The molecule has 0 fully saturated rings. The van der Waals surface area contributed by atoms with Crippen molar-refractivity contribution in [3.8, 4) is 0 Å². The van der Waals surface area contributed by atoms with Crippen LogP contribution in [0.25, 0.3) is 0 Å². The maximum Gasteiger partial charge on any atom is 0.0697 e. The number of rotatable bonds is 27. The monoisotopic (exact) mass is 457 g/mol. The summed E-state index contributed by atoms with van der Waals surface area (Å²) in [6.07, 6.45) is 25.3. The Kier molecular flexibility index (Phi) is 28.2. The van der Waals surface area contributed by atoms with Crippen molar-refractivity contribution in [1.82, 2.24) is 5.32 Å². The lowest BCUT2D eigenvalue weighted by Gasteiger charge is -2.19. The zero-order chi connectivity index (χ0) is 23.4. The van der Waals surface area contributed by atoms with Gasteiger partial charge in [-0.2, -0.15) is 0 Å². The smallest absolute Gasteiger partial charge is 0.0697 e. The Labute approximate surface area is 199 Å². The number of aliphatic hydroxyl groups is 2. The summed E-state index contributed by atoms with van der Waals surface area (Å²) in [5.41, 5.74) is 0. The molecule has 0 aliphatic carbocycles. The van der Waals surface area contributed by atoms with Crippen molar-refractivity contribution in [2.45, 2.75) is 116 Å². The van der Waals surface area contributed by atoms with Gasteiger partial charge in [-0.15, -0.1) is 0 Å². The molecular weight excluding hydrogens is 402 g/mol. The molecule has 0 aliphatic heterocycles. The van der Waals surface area contributed by atoms with Crippen molar-refractivity contribution in [3.63, 3.8) is 0 Å². The molecule has 0 aromatic heterocycles. The Morgan fingerprint density at radius 2 is 1.09 bits per heavy atom. The predicted molar refractivity (Wildman–Crippen MR) is 136 cm³/mol. The summed E-state index contributed by atoms with van der Waals surface area (Å²) in [5, 5.41) is 21.2. The summed E-state index contributed by atoms with van der Waals surface area (Å²) >= 11 is 0. The van der Waals surface area contributed by atoms with Gasteiger partial charge in [0.25, 0.3) is 0 Å². The highest BCUT2D eigenvalue weighted by Gasteiger charge is 2.08. The van der Waals surface area contributed by atoms with E-state index in [2.05, 4.69) is 24.4 Å². The number of ether oxygens (including phenoxy) is 2. The van der Waals surface area contributed by atoms with Crippen LogP contribution in [0.15, 0.2) is 12.2 Å². The van der Waals surface area contributed by atoms with Crippen LogP contribution in [0.3, 0.4) is 0 Å². The van der Waals surface area contributed by atoms with Crippen molar-refractivity contribution < 1.29 is 19.7 Å². The standard InChI is InChI=1S/C27H55NO4/c1-2-3-4-5-6-7-8-9-10-11-12-13-14-15-16-17-20-28-27(18-23-31-25-21-29)19-24-32-26-22-30/h9-10,27-30H,2-8,11-26H2,1H3/b10-9-. The normalized spacial score (nSPS) is 11.9. The minimum atomic E-state index is 0.0766. The zero-order valence-corrected chi connectivity index (χ0v) is 21.2. The molecule has 32 heavy (non-hydrogen) atoms. The molecule has 0 aliphatic rings. The second-order valence-corrected chi connectivity index (χ2v) is 8.84. The third-order valence-corrected chi connectivity index (χ3v) is 5.81. The Bertz CT molecular complexity index is 354. The summed E-state index contributed by atoms with van der Waals surface area (Å²) in [6, 6.07) is 0.371. The van der Waals surface area contributed by atoms with E-state index in [9.17, 15) is 0 Å². The van der Waals surface area contributed by atoms with E-state index in [1.165, 1.54) is 89.9 Å². The Morgan fingerprint density at radius 3 is 1.59 bits per heavy atom. The van der Waals surface area contributed by atoms with Gasteiger partial charge < -0.3 is 25.0 Å². The first-order valence-corrected chi connectivity index (χ1v) is 13.6. The average Bonchev–Trinajstić information content (AvgIpc) is 2.81. The largest absolute Gasteiger partial charge is 0.394 e. The SMILES string of the molecule is CCCCCCCC/C=C\CCCCCCCCNC(CCOCCO)CCOCCO. The van der Waals surface area contributed by atoms with Gasteiger partial charge in [0.1, 0.15) is 0 Å². The summed E-state index contributed by atoms with van der Waals surface area (Å²) in [5.74, 6) is 0. The minimum Gasteiger partial charge on any atom is -0.394 e. The molecule has 0 atom stereocenters. The number of unbranched alkanes of at least 4 members (excludes halogenated alkanes) is 12. The maximum absolute atomic E-state index is 8.81. The Morgan fingerprint density at radius 1 is 0.625 bits per heavy atom. The van der Waals surface area contributed by atoms with Crippen LogP contribution in [0.1, 0.15) is 110 Å². The first-order valence-electron chi connectivity index (χ1n) is 13.6. The van der Waals surface area contributed by atoms with Gasteiger partial charge >= 0.3 is 0 Å². The van der Waals surface area contributed by atoms with E-state index in [-0.39, 0.29) is 13.2 Å². The number of hydrogen-bond acceptors (Lipinski definition) is 5. The molecular formula is C27H55NO4. The number of nitrogens with one attached hydrogen (secondary N) is 1. The molecule has 0 saturated carbocycles. The summed E-state index contributed by atoms with van der Waals surface area (Å²) in [6.45, 7) is 5.59. The molecule has 0 aromatic carbocycles. The van der Waals surface area contributed by atoms with Crippen molar-refractivity contribution in [1.29, 1.82) is 0 Å². The summed E-state index contributed by atoms with van der Waals surface area (Å²) < 4.78 is 10.8. The number of hydrogen-bond donors (Lipinski definition) is 3. The van der Waals surface area contributed by atoms with Crippen molar-refractivity contribution in [3.05, 3.63) is 12.2 Å². The van der Waals surface area contributed by atoms with E-state index in [1.807, 2.05) is 0 Å². The fraction of sp³-hybridized carbons (Fsp3) is 0.926. The van der Waals surface area contributed by atoms with Crippen molar-refractivity contribution in [2.75, 3.05) is 46.2 Å². The van der Waals surface area contributed by atoms with Crippen LogP contribution in [0.2, 0.25) is 0 Å². The van der Waals surface area contributed by atoms with Gasteiger partial charge in [-0.25, -0.2) is 0 Å². The summed E-state index contributed by atoms with van der Waals surface area (Å²) in [7, 11) is 0. The van der Waals surface area contributed by atoms with Crippen LogP contribution in [0.5, 0.6) is 0 Å². The second kappa shape index (κ2) is 28.6. The lowest BCUT2D eigenvalue weighted by Crippen LogP contribution is -2.32. The lowest BCUT2D eigenvalue weighted by atomic mass is 10.1. The third kappa shape index (κ3) is 25.8. The zero-order valence-electron chi connectivity index (χ0n) is 21.2. The van der Waals surface area contributed by atoms with E-state index in [4.69, 9.17) is 19.7 Å². The lowest BCUT2D eigenvalue weighted by molar-refractivity contribution is 0.0708. The highest BCUT2D eigenvalue weighted by Crippen LogP contribution is 2.10. The first kappa shape index (κ1) is 31.5. The summed E-state index contributed by atoms with van der Waals surface area (Å²) in [4.78, 5) is 0. The van der Waals surface area contributed by atoms with E-state index in [0.717, 1.165) is 19.4 Å². The van der Waals surface area contributed by atoms with Crippen LogP contribution < -0.4 is 5.32 Å². The minimum absolute atomic E-state index is 0.0766. The van der Waals surface area contributed by atoms with Gasteiger partial charge in [-0.3, -0.25) is 0 Å². The van der Waals surface area contributed by atoms with Gasteiger partial charge in [0, 0.05) is 19.3 Å². The van der Waals surface area contributed by atoms with Gasteiger partial charge in [0.05, 0.1) is 26.4 Å². The quantitative estimate of drug-likeness (QED) is 0.108. The fourth-order valence-corrected chi connectivity index (χ4v) is 3.81. The van der Waals surface area contributed by atoms with Crippen LogP contribution >= 0.6 is 0 Å². The van der Waals surface area contributed by atoms with E-state index >= 15 is 0 Å². The molecule has 0 amide bonds. The molecule has 0 unspecified atom stereocenters. The topological polar surface area (TPSA) is 71.0 Å². The van der Waals surface area contributed by atoms with Gasteiger partial charge in [0.15, 0.2) is 0 Å². The molecule has 0 rings (SSSR count). The van der Waals surface area contributed by atoms with Gasteiger partial charge in [-0.05, 0) is 51.5 Å². The molecule has 5 nitrogen and oxygen atoms in total. The second-order valence-electron chi connectivity index (χ2n) is 8.84. The Balaban J connectivity index is 3.51. The van der Waals surface area contributed by atoms with Crippen molar-refractivity contribution in [2.24, 2.45) is 0 Å². The van der Waals surface area contributed by atoms with E-state index < -0.39 is 0 Å². The molecule has 0 radical (unpaired) electrons. The number of aliphatic hydroxyl groups excluding tert-OH is 2. The molecule has 0 heterocycles. The molecule has 5 heteroatoms. The van der Waals surface area contributed by atoms with Crippen LogP contribution in [0.4, 0.5) is 0 Å². The van der Waals surface area contributed by atoms with Crippen LogP contribution in [-0.4, -0.2) is 62.4 Å². The molecule has 0 bridgehead atoms. The molecule has 192 valence electrons. The van der Waals surface area contributed by atoms with Crippen LogP contribution in [-0.2, 0) is 9.47 Å². The molecule has 0 saturated heterocycles. The predicted octanol–water partition coefficient (Wildman–Crippen LogP) is 5.78. The molecule has 0 spiro atoms. The van der Waals surface area contributed by atoms with E-state index in [0.29, 0.717) is 32.5 Å². The first-order chi connectivity index (χ1) is 15.8. The molecule has 3 N–H and O–H groups in total. The van der Waals surface area contributed by atoms with Gasteiger partial charge in [0.2, 0.25) is 0 Å². The van der Waals surface area contributed by atoms with E-state index in [1.54, 1.807) is 0 Å². The average molecular weight is 458 g/mol. The highest BCUT2D eigenvalue weighted by molar-refractivity contribution is 4.81. The molecule has 0 aromatic rings. The third-order valence-electron chi connectivity index (χ3n) is 5.81. The maximum atomic E-state index is 8.81. The van der Waals surface area contributed by atoms with Gasteiger partial charge in [-0.1, -0.05) is 76.9 Å². The van der Waals surface area contributed by atoms with Crippen LogP contribution in [0, 0.1) is 0 Å². The van der Waals surface area contributed by atoms with Crippen molar-refractivity contribution >= 4 is 0 Å². The highest BCUT2D eigenvalue weighted by atomic mass is 16.5. The number of allylic oxidation sites excluding steroid dienone is 2.